The van der Waals surface area contributed by atoms with Crippen molar-refractivity contribution in [1.82, 2.24) is 0 Å². The highest BCUT2D eigenvalue weighted by Crippen LogP contribution is 2.51. The number of rotatable bonds is 5. The van der Waals surface area contributed by atoms with E-state index in [2.05, 4.69) is 0 Å². The molecular weight excluding hydrogens is 360 g/mol. The van der Waals surface area contributed by atoms with E-state index in [1.165, 1.54) is 0 Å². The number of carboxylic acid groups (broad SMARTS) is 4. The summed E-state index contributed by atoms with van der Waals surface area (Å²) >= 11 is 0. The summed E-state index contributed by atoms with van der Waals surface area (Å²) in [5.41, 5.74) is -13.4. The molecule has 0 bridgehead atoms. The molecular formula is C13H10F4O8. The highest BCUT2D eigenvalue weighted by Gasteiger charge is 2.72. The third-order valence-electron chi connectivity index (χ3n) is 3.93. The summed E-state index contributed by atoms with van der Waals surface area (Å²) in [7, 11) is 0. The molecule has 0 aliphatic heterocycles. The lowest BCUT2D eigenvalue weighted by Gasteiger charge is -2.39. The first kappa shape index (κ1) is 20.1. The Kier molecular flexibility index (Phi) is 4.48. The fourth-order valence-electron chi connectivity index (χ4n) is 2.32. The van der Waals surface area contributed by atoms with Gasteiger partial charge in [-0.25, -0.2) is 4.39 Å². The highest BCUT2D eigenvalue weighted by atomic mass is 19.4. The van der Waals surface area contributed by atoms with Crippen molar-refractivity contribution < 1.29 is 57.2 Å². The number of hydrogen-bond donors (Lipinski definition) is 4. The molecule has 0 aromatic heterocycles. The topological polar surface area (TPSA) is 149 Å². The Balaban J connectivity index is 3.96. The van der Waals surface area contributed by atoms with Crippen LogP contribution in [-0.2, 0) is 19.2 Å². The largest absolute Gasteiger partial charge is 0.480 e. The zero-order chi connectivity index (χ0) is 20.0. The molecule has 0 saturated heterocycles. The number of alkyl halides is 4. The Morgan fingerprint density at radius 2 is 1.20 bits per heavy atom. The zero-order valence-electron chi connectivity index (χ0n) is 12.2. The third-order valence-corrected chi connectivity index (χ3v) is 3.93. The van der Waals surface area contributed by atoms with Gasteiger partial charge in [-0.1, -0.05) is 12.2 Å². The van der Waals surface area contributed by atoms with Crippen LogP contribution in [0, 0.1) is 10.8 Å². The van der Waals surface area contributed by atoms with Gasteiger partial charge in [-0.15, -0.1) is 0 Å². The Labute approximate surface area is 135 Å². The van der Waals surface area contributed by atoms with Crippen LogP contribution >= 0.6 is 0 Å². The summed E-state index contributed by atoms with van der Waals surface area (Å²) < 4.78 is 52.5. The summed E-state index contributed by atoms with van der Waals surface area (Å²) in [5.74, 6) is -10.1. The van der Waals surface area contributed by atoms with Crippen molar-refractivity contribution in [1.29, 1.82) is 0 Å². The Hall–Kier alpha value is -2.92. The Bertz CT molecular complexity index is 688. The van der Waals surface area contributed by atoms with Gasteiger partial charge in [0.15, 0.2) is 0 Å². The van der Waals surface area contributed by atoms with E-state index < -0.39 is 52.1 Å². The van der Waals surface area contributed by atoms with Crippen LogP contribution in [-0.4, -0.2) is 56.1 Å². The van der Waals surface area contributed by atoms with Gasteiger partial charge in [-0.2, -0.15) is 13.2 Å². The monoisotopic (exact) mass is 370 g/mol. The van der Waals surface area contributed by atoms with Crippen molar-refractivity contribution in [2.24, 2.45) is 10.8 Å². The fraction of sp³-hybridized carbons (Fsp3) is 0.385. The second-order valence-corrected chi connectivity index (χ2v) is 5.27. The SMILES string of the molecule is CC(F)(C1=CC(C(=O)O)(C(=O)O)C(C(=O)O)(C(=O)O)C=C1)C(F)(F)F. The lowest BCUT2D eigenvalue weighted by molar-refractivity contribution is -0.209. The molecule has 1 atom stereocenters. The first-order valence-electron chi connectivity index (χ1n) is 6.20. The lowest BCUT2D eigenvalue weighted by atomic mass is 9.59. The fourth-order valence-corrected chi connectivity index (χ4v) is 2.32. The number of halogens is 4. The minimum Gasteiger partial charge on any atom is -0.480 e. The van der Waals surface area contributed by atoms with Crippen LogP contribution in [0.3, 0.4) is 0 Å². The third kappa shape index (κ3) is 2.44. The molecule has 25 heavy (non-hydrogen) atoms. The van der Waals surface area contributed by atoms with Crippen molar-refractivity contribution in [3.05, 3.63) is 23.8 Å². The van der Waals surface area contributed by atoms with Crippen molar-refractivity contribution >= 4 is 23.9 Å². The Morgan fingerprint density at radius 3 is 1.48 bits per heavy atom. The maximum Gasteiger partial charge on any atom is 0.426 e. The zero-order valence-corrected chi connectivity index (χ0v) is 12.2. The molecule has 0 saturated carbocycles. The molecule has 1 aliphatic rings. The number of carbonyl (C=O) groups is 4. The van der Waals surface area contributed by atoms with Crippen LogP contribution in [0.2, 0.25) is 0 Å². The summed E-state index contributed by atoms with van der Waals surface area (Å²) in [5, 5.41) is 36.7. The molecule has 0 radical (unpaired) electrons. The first-order valence-corrected chi connectivity index (χ1v) is 6.20. The summed E-state index contributed by atoms with van der Waals surface area (Å²) in [4.78, 5) is 45.7. The van der Waals surface area contributed by atoms with Crippen molar-refractivity contribution in [3.63, 3.8) is 0 Å². The molecule has 0 fully saturated rings. The van der Waals surface area contributed by atoms with E-state index in [9.17, 15) is 47.0 Å². The van der Waals surface area contributed by atoms with E-state index in [1.807, 2.05) is 0 Å². The van der Waals surface area contributed by atoms with Gasteiger partial charge >= 0.3 is 30.1 Å². The van der Waals surface area contributed by atoms with Gasteiger partial charge in [0.2, 0.25) is 16.5 Å². The summed E-state index contributed by atoms with van der Waals surface area (Å²) in [6, 6.07) is 0. The average Bonchev–Trinajstić information content (AvgIpc) is 2.43. The van der Waals surface area contributed by atoms with Crippen molar-refractivity contribution in [2.45, 2.75) is 18.8 Å². The van der Waals surface area contributed by atoms with E-state index in [-0.39, 0.29) is 25.2 Å². The van der Waals surface area contributed by atoms with Gasteiger partial charge in [0, 0.05) is 0 Å². The number of allylic oxidation sites excluding steroid dienone is 2. The van der Waals surface area contributed by atoms with Gasteiger partial charge < -0.3 is 20.4 Å². The van der Waals surface area contributed by atoms with Crippen molar-refractivity contribution in [3.8, 4) is 0 Å². The normalized spacial score (nSPS) is 20.9. The van der Waals surface area contributed by atoms with Gasteiger partial charge in [-0.3, -0.25) is 19.2 Å². The molecule has 0 aromatic rings. The standard InChI is InChI=1S/C13H10F4O8/c1-10(14,13(15,16)17)5-2-3-11(6(18)19,7(20)21)12(4-5,8(22)23)9(24)25/h2-4H,1H3,(H,18,19)(H,20,21)(H,22,23)(H,24,25). The molecule has 1 unspecified atom stereocenters. The number of hydrogen-bond acceptors (Lipinski definition) is 4. The van der Waals surface area contributed by atoms with Crippen LogP contribution in [0.1, 0.15) is 6.92 Å². The average molecular weight is 370 g/mol. The van der Waals surface area contributed by atoms with Crippen LogP contribution in [0.15, 0.2) is 23.8 Å². The highest BCUT2D eigenvalue weighted by molar-refractivity contribution is 6.16. The van der Waals surface area contributed by atoms with E-state index >= 15 is 0 Å². The predicted molar refractivity (Wildman–Crippen MR) is 68.2 cm³/mol. The predicted octanol–water partition coefficient (Wildman–Crippen LogP) is 1.08. The maximum absolute atomic E-state index is 14.1. The minimum absolute atomic E-state index is 0.0494. The minimum atomic E-state index is -5.61. The summed E-state index contributed by atoms with van der Waals surface area (Å²) in [6.45, 7) is -0.0494. The Morgan fingerprint density at radius 1 is 0.840 bits per heavy atom. The number of carboxylic acids is 4. The molecule has 0 spiro atoms. The van der Waals surface area contributed by atoms with Gasteiger partial charge in [0.25, 0.3) is 0 Å². The van der Waals surface area contributed by atoms with E-state index in [4.69, 9.17) is 10.2 Å². The molecule has 0 heterocycles. The number of aliphatic carboxylic acids is 4. The van der Waals surface area contributed by atoms with Gasteiger partial charge in [0.1, 0.15) is 0 Å². The van der Waals surface area contributed by atoms with E-state index in [0.717, 1.165) is 0 Å². The summed E-state index contributed by atoms with van der Waals surface area (Å²) in [6.07, 6.45) is -5.94. The quantitative estimate of drug-likeness (QED) is 0.415. The molecule has 1 rings (SSSR count). The first-order chi connectivity index (χ1) is 11.1. The van der Waals surface area contributed by atoms with Crippen molar-refractivity contribution in [2.75, 3.05) is 0 Å². The van der Waals surface area contributed by atoms with Crippen LogP contribution in [0.25, 0.3) is 0 Å². The lowest BCUT2D eigenvalue weighted by Crippen LogP contribution is -2.61. The van der Waals surface area contributed by atoms with Gasteiger partial charge in [-0.05, 0) is 18.6 Å². The van der Waals surface area contributed by atoms with Crippen LogP contribution in [0.5, 0.6) is 0 Å². The molecule has 4 N–H and O–H groups in total. The molecule has 0 amide bonds. The molecule has 138 valence electrons. The second kappa shape index (κ2) is 5.57. The van der Waals surface area contributed by atoms with E-state index in [1.54, 1.807) is 0 Å². The second-order valence-electron chi connectivity index (χ2n) is 5.27. The van der Waals surface area contributed by atoms with Gasteiger partial charge in [0.05, 0.1) is 0 Å². The van der Waals surface area contributed by atoms with Crippen LogP contribution < -0.4 is 0 Å². The van der Waals surface area contributed by atoms with Crippen LogP contribution in [0.4, 0.5) is 17.6 Å². The molecule has 12 heteroatoms. The molecule has 8 nitrogen and oxygen atoms in total. The van der Waals surface area contributed by atoms with E-state index in [0.29, 0.717) is 0 Å². The maximum atomic E-state index is 14.1. The molecule has 1 aliphatic carbocycles. The molecule has 0 aromatic carbocycles. The smallest absolute Gasteiger partial charge is 0.426 e.